The number of nitrogens with one attached hydrogen (secondary N) is 1. The molecule has 1 rings (SSSR count). The fourth-order valence-electron chi connectivity index (χ4n) is 3.83. The molecule has 0 unspecified atom stereocenters. The molecule has 0 aliphatic rings. The van der Waals surface area contributed by atoms with E-state index in [1.165, 1.54) is 102 Å². The Morgan fingerprint density at radius 1 is 0.839 bits per heavy atom. The van der Waals surface area contributed by atoms with E-state index < -0.39 is 22.3 Å². The minimum Gasteiger partial charge on any atom is -0.502 e. The van der Waals surface area contributed by atoms with E-state index in [1.54, 1.807) is 0 Å². The van der Waals surface area contributed by atoms with Crippen molar-refractivity contribution in [3.8, 4) is 5.75 Å². The van der Waals surface area contributed by atoms with Gasteiger partial charge in [-0.15, -0.1) is 0 Å². The zero-order valence-electron chi connectivity index (χ0n) is 19.4. The SMILES string of the molecule is CCCCCCCCCCCCCCCCCCNC(=O)c1cccc([N+](=O)[O-])c1O. The molecule has 0 bridgehead atoms. The predicted octanol–water partition coefficient (Wildman–Crippen LogP) is 7.29. The zero-order chi connectivity index (χ0) is 22.7. The number of hydrogen-bond acceptors (Lipinski definition) is 4. The molecule has 1 aromatic carbocycles. The summed E-state index contributed by atoms with van der Waals surface area (Å²) in [6, 6.07) is 3.98. The number of phenolic OH excluding ortho intramolecular Hbond substituents is 1. The summed E-state index contributed by atoms with van der Waals surface area (Å²) in [7, 11) is 0. The number of para-hydroxylation sites is 1. The van der Waals surface area contributed by atoms with E-state index in [0.717, 1.165) is 19.3 Å². The maximum absolute atomic E-state index is 12.1. The van der Waals surface area contributed by atoms with E-state index in [0.29, 0.717) is 6.54 Å². The third-order valence-electron chi connectivity index (χ3n) is 5.77. The maximum Gasteiger partial charge on any atom is 0.311 e. The van der Waals surface area contributed by atoms with E-state index in [1.807, 2.05) is 0 Å². The quantitative estimate of drug-likeness (QED) is 0.136. The smallest absolute Gasteiger partial charge is 0.311 e. The summed E-state index contributed by atoms with van der Waals surface area (Å²) in [5.41, 5.74) is -0.499. The number of nitro benzene ring substituents is 1. The van der Waals surface area contributed by atoms with Gasteiger partial charge in [0.25, 0.3) is 5.91 Å². The van der Waals surface area contributed by atoms with Crippen LogP contribution in [0.3, 0.4) is 0 Å². The molecule has 6 heteroatoms. The fourth-order valence-corrected chi connectivity index (χ4v) is 3.83. The Balaban J connectivity index is 1.93. The Kier molecular flexibility index (Phi) is 15.3. The monoisotopic (exact) mass is 434 g/mol. The van der Waals surface area contributed by atoms with E-state index in [-0.39, 0.29) is 5.56 Å². The molecule has 1 aromatic rings. The van der Waals surface area contributed by atoms with Gasteiger partial charge in [0.1, 0.15) is 0 Å². The molecule has 0 saturated heterocycles. The van der Waals surface area contributed by atoms with Crippen molar-refractivity contribution in [1.29, 1.82) is 0 Å². The summed E-state index contributed by atoms with van der Waals surface area (Å²) in [4.78, 5) is 22.3. The average Bonchev–Trinajstić information content (AvgIpc) is 2.75. The second kappa shape index (κ2) is 17.6. The molecule has 0 saturated carbocycles. The molecular formula is C25H42N2O4. The second-order valence-electron chi connectivity index (χ2n) is 8.49. The van der Waals surface area contributed by atoms with Gasteiger partial charge < -0.3 is 10.4 Å². The summed E-state index contributed by atoms with van der Waals surface area (Å²) in [5.74, 6) is -1.04. The first-order chi connectivity index (χ1) is 15.1. The largest absolute Gasteiger partial charge is 0.502 e. The number of hydrogen-bond donors (Lipinski definition) is 2. The summed E-state index contributed by atoms with van der Waals surface area (Å²) in [5, 5.41) is 23.4. The number of unbranched alkanes of at least 4 members (excludes halogenated alkanes) is 15. The van der Waals surface area contributed by atoms with Crippen LogP contribution < -0.4 is 5.32 Å². The average molecular weight is 435 g/mol. The minimum atomic E-state index is -0.693. The number of nitrogens with zero attached hydrogens (tertiary/aromatic N) is 1. The van der Waals surface area contributed by atoms with Crippen LogP contribution in [-0.4, -0.2) is 22.5 Å². The van der Waals surface area contributed by atoms with E-state index in [4.69, 9.17) is 0 Å². The van der Waals surface area contributed by atoms with Crippen molar-refractivity contribution in [2.45, 2.75) is 110 Å². The van der Waals surface area contributed by atoms with Gasteiger partial charge in [-0.1, -0.05) is 109 Å². The van der Waals surface area contributed by atoms with E-state index in [9.17, 15) is 20.0 Å². The highest BCUT2D eigenvalue weighted by molar-refractivity contribution is 5.98. The minimum absolute atomic E-state index is 0.0503. The molecule has 176 valence electrons. The number of amides is 1. The Hall–Kier alpha value is -2.11. The molecule has 0 atom stereocenters. The molecule has 2 N–H and O–H groups in total. The van der Waals surface area contributed by atoms with Gasteiger partial charge in [-0.3, -0.25) is 14.9 Å². The van der Waals surface area contributed by atoms with Gasteiger partial charge >= 0.3 is 5.69 Å². The molecule has 0 fully saturated rings. The van der Waals surface area contributed by atoms with Crippen molar-refractivity contribution in [3.63, 3.8) is 0 Å². The van der Waals surface area contributed by atoms with Crippen LogP contribution in [0, 0.1) is 10.1 Å². The molecule has 31 heavy (non-hydrogen) atoms. The molecule has 0 aliphatic carbocycles. The summed E-state index contributed by atoms with van der Waals surface area (Å²) in [6.45, 7) is 2.78. The molecule has 0 aliphatic heterocycles. The highest BCUT2D eigenvalue weighted by Crippen LogP contribution is 2.29. The first-order valence-corrected chi connectivity index (χ1v) is 12.3. The Morgan fingerprint density at radius 3 is 1.74 bits per heavy atom. The number of nitro groups is 1. The molecule has 1 amide bonds. The van der Waals surface area contributed by atoms with Crippen molar-refractivity contribution < 1.29 is 14.8 Å². The van der Waals surface area contributed by atoms with Gasteiger partial charge in [0.2, 0.25) is 5.75 Å². The fraction of sp³-hybridized carbons (Fsp3) is 0.720. The van der Waals surface area contributed by atoms with Crippen LogP contribution in [0.2, 0.25) is 0 Å². The first-order valence-electron chi connectivity index (χ1n) is 12.3. The molecule has 0 spiro atoms. The van der Waals surface area contributed by atoms with Crippen LogP contribution in [-0.2, 0) is 0 Å². The molecule has 0 heterocycles. The Labute approximate surface area is 188 Å². The lowest BCUT2D eigenvalue weighted by atomic mass is 10.0. The predicted molar refractivity (Wildman–Crippen MR) is 127 cm³/mol. The van der Waals surface area contributed by atoms with Crippen molar-refractivity contribution >= 4 is 11.6 Å². The van der Waals surface area contributed by atoms with Gasteiger partial charge in [-0.2, -0.15) is 0 Å². The van der Waals surface area contributed by atoms with Gasteiger partial charge in [0, 0.05) is 12.6 Å². The summed E-state index contributed by atoms with van der Waals surface area (Å²) < 4.78 is 0. The van der Waals surface area contributed by atoms with Gasteiger partial charge in [0.15, 0.2) is 0 Å². The van der Waals surface area contributed by atoms with Crippen LogP contribution >= 0.6 is 0 Å². The van der Waals surface area contributed by atoms with Gasteiger partial charge in [-0.25, -0.2) is 0 Å². The van der Waals surface area contributed by atoms with Gasteiger partial charge in [-0.05, 0) is 12.5 Å². The highest BCUT2D eigenvalue weighted by Gasteiger charge is 2.20. The Bertz CT molecular complexity index is 634. The number of phenols is 1. The Morgan fingerprint density at radius 2 is 1.29 bits per heavy atom. The molecule has 0 radical (unpaired) electrons. The van der Waals surface area contributed by atoms with Crippen molar-refractivity contribution in [3.05, 3.63) is 33.9 Å². The lowest BCUT2D eigenvalue weighted by Gasteiger charge is -2.07. The normalized spacial score (nSPS) is 10.9. The summed E-state index contributed by atoms with van der Waals surface area (Å²) >= 11 is 0. The number of rotatable bonds is 19. The van der Waals surface area contributed by atoms with Crippen LogP contribution in [0.5, 0.6) is 5.75 Å². The van der Waals surface area contributed by atoms with Crippen molar-refractivity contribution in [1.82, 2.24) is 5.32 Å². The lowest BCUT2D eigenvalue weighted by molar-refractivity contribution is -0.385. The standard InChI is InChI=1S/C25H42N2O4/c1-2-3-4-5-6-7-8-9-10-11-12-13-14-15-16-17-21-26-25(29)22-19-18-20-23(24(22)28)27(30)31/h18-20,28H,2-17,21H2,1H3,(H,26,29). The second-order valence-corrected chi connectivity index (χ2v) is 8.49. The molecular weight excluding hydrogens is 392 g/mol. The third kappa shape index (κ3) is 12.4. The number of benzene rings is 1. The van der Waals surface area contributed by atoms with E-state index in [2.05, 4.69) is 12.2 Å². The zero-order valence-corrected chi connectivity index (χ0v) is 19.4. The van der Waals surface area contributed by atoms with Crippen molar-refractivity contribution in [2.75, 3.05) is 6.54 Å². The van der Waals surface area contributed by atoms with Gasteiger partial charge in [0.05, 0.1) is 10.5 Å². The maximum atomic E-state index is 12.1. The third-order valence-corrected chi connectivity index (χ3v) is 5.77. The molecule has 0 aromatic heterocycles. The molecule has 6 nitrogen and oxygen atoms in total. The topological polar surface area (TPSA) is 92.5 Å². The van der Waals surface area contributed by atoms with Crippen LogP contribution in [0.1, 0.15) is 120 Å². The lowest BCUT2D eigenvalue weighted by Crippen LogP contribution is -2.24. The first kappa shape index (κ1) is 26.9. The number of carbonyl (C=O) groups excluding carboxylic acids is 1. The van der Waals surface area contributed by atoms with Crippen molar-refractivity contribution in [2.24, 2.45) is 0 Å². The van der Waals surface area contributed by atoms with Crippen LogP contribution in [0.25, 0.3) is 0 Å². The number of aromatic hydroxyl groups is 1. The van der Waals surface area contributed by atoms with E-state index >= 15 is 0 Å². The van der Waals surface area contributed by atoms with Crippen LogP contribution in [0.15, 0.2) is 18.2 Å². The van der Waals surface area contributed by atoms with Crippen LogP contribution in [0.4, 0.5) is 5.69 Å². The number of carbonyl (C=O) groups is 1. The summed E-state index contributed by atoms with van der Waals surface area (Å²) in [6.07, 6.45) is 20.8. The highest BCUT2D eigenvalue weighted by atomic mass is 16.6.